The Morgan fingerprint density at radius 3 is 2.89 bits per heavy atom. The molecule has 2 rings (SSSR count). The average molecular weight is 270 g/mol. The highest BCUT2D eigenvalue weighted by molar-refractivity contribution is 5.73. The molecule has 0 amide bonds. The molecule has 2 aliphatic rings. The van der Waals surface area contributed by atoms with Crippen molar-refractivity contribution in [2.24, 2.45) is 5.92 Å². The smallest absolute Gasteiger partial charge is 0.320 e. The predicted octanol–water partition coefficient (Wildman–Crippen LogP) is 0.892. The van der Waals surface area contributed by atoms with Crippen molar-refractivity contribution in [2.75, 3.05) is 39.3 Å². The molecule has 0 aliphatic carbocycles. The van der Waals surface area contributed by atoms with Crippen molar-refractivity contribution in [3.63, 3.8) is 0 Å². The molecule has 2 fully saturated rings. The molecule has 2 saturated heterocycles. The summed E-state index contributed by atoms with van der Waals surface area (Å²) < 4.78 is 5.79. The van der Waals surface area contributed by atoms with Gasteiger partial charge in [-0.3, -0.25) is 14.6 Å². The number of carbonyl (C=O) groups is 1. The van der Waals surface area contributed by atoms with E-state index in [0.717, 1.165) is 52.2 Å². The van der Waals surface area contributed by atoms with Crippen LogP contribution in [-0.4, -0.2) is 72.4 Å². The highest BCUT2D eigenvalue weighted by Crippen LogP contribution is 2.23. The molecule has 110 valence electrons. The lowest BCUT2D eigenvalue weighted by atomic mass is 9.92. The average Bonchev–Trinajstić information content (AvgIpc) is 2.41. The zero-order valence-electron chi connectivity index (χ0n) is 12.0. The number of rotatable bonds is 4. The van der Waals surface area contributed by atoms with Gasteiger partial charge in [0.05, 0.1) is 12.7 Å². The molecule has 2 aliphatic heterocycles. The molecule has 0 saturated carbocycles. The zero-order valence-corrected chi connectivity index (χ0v) is 12.0. The van der Waals surface area contributed by atoms with Gasteiger partial charge in [-0.25, -0.2) is 0 Å². The van der Waals surface area contributed by atoms with Gasteiger partial charge in [-0.15, -0.1) is 0 Å². The summed E-state index contributed by atoms with van der Waals surface area (Å²) in [5.41, 5.74) is 0. The topological polar surface area (TPSA) is 53.0 Å². The van der Waals surface area contributed by atoms with E-state index in [1.807, 2.05) is 0 Å². The second-order valence-corrected chi connectivity index (χ2v) is 5.86. The van der Waals surface area contributed by atoms with Gasteiger partial charge in [-0.1, -0.05) is 13.8 Å². The van der Waals surface area contributed by atoms with Crippen LogP contribution >= 0.6 is 0 Å². The number of hydrogen-bond acceptors (Lipinski definition) is 4. The van der Waals surface area contributed by atoms with Gasteiger partial charge in [-0.2, -0.15) is 0 Å². The molecule has 3 atom stereocenters. The second-order valence-electron chi connectivity index (χ2n) is 5.86. The summed E-state index contributed by atoms with van der Waals surface area (Å²) in [6.07, 6.45) is 2.01. The second kappa shape index (κ2) is 6.68. The quantitative estimate of drug-likeness (QED) is 0.822. The number of nitrogens with zero attached hydrogens (tertiary/aromatic N) is 2. The molecule has 1 N–H and O–H groups in total. The molecular formula is C14H26N2O3. The number of piperidine rings is 1. The highest BCUT2D eigenvalue weighted by Gasteiger charge is 2.34. The summed E-state index contributed by atoms with van der Waals surface area (Å²) in [6, 6.07) is -0.329. The molecule has 0 spiro atoms. The molecule has 0 radical (unpaired) electrons. The van der Waals surface area contributed by atoms with Gasteiger partial charge in [0.2, 0.25) is 0 Å². The van der Waals surface area contributed by atoms with Crippen molar-refractivity contribution in [2.45, 2.75) is 38.8 Å². The maximum Gasteiger partial charge on any atom is 0.320 e. The SMILES string of the molecule is CCN1CCOC(CN2CCC(C)CC2C(=O)O)C1. The van der Waals surface area contributed by atoms with Gasteiger partial charge < -0.3 is 9.84 Å². The standard InChI is InChI=1S/C14H26N2O3/c1-3-15-6-7-19-12(9-15)10-16-5-4-11(2)8-13(16)14(17)18/h11-13H,3-10H2,1-2H3,(H,17,18). The number of carboxylic acids is 1. The maximum absolute atomic E-state index is 11.4. The Kier molecular flexibility index (Phi) is 5.19. The number of ether oxygens (including phenoxy) is 1. The fourth-order valence-corrected chi connectivity index (χ4v) is 3.11. The highest BCUT2D eigenvalue weighted by atomic mass is 16.5. The summed E-state index contributed by atoms with van der Waals surface area (Å²) in [6.45, 7) is 9.65. The van der Waals surface area contributed by atoms with Crippen LogP contribution in [0.4, 0.5) is 0 Å². The van der Waals surface area contributed by atoms with Gasteiger partial charge >= 0.3 is 5.97 Å². The van der Waals surface area contributed by atoms with Crippen molar-refractivity contribution in [3.8, 4) is 0 Å². The summed E-state index contributed by atoms with van der Waals surface area (Å²) in [5, 5.41) is 9.36. The summed E-state index contributed by atoms with van der Waals surface area (Å²) in [7, 11) is 0. The molecule has 3 unspecified atom stereocenters. The van der Waals surface area contributed by atoms with Crippen LogP contribution in [0, 0.1) is 5.92 Å². The van der Waals surface area contributed by atoms with Gasteiger partial charge in [0.25, 0.3) is 0 Å². The number of aliphatic carboxylic acids is 1. The van der Waals surface area contributed by atoms with Crippen LogP contribution in [0.3, 0.4) is 0 Å². The fourth-order valence-electron chi connectivity index (χ4n) is 3.11. The van der Waals surface area contributed by atoms with Crippen molar-refractivity contribution >= 4 is 5.97 Å². The Hall–Kier alpha value is -0.650. The van der Waals surface area contributed by atoms with Crippen LogP contribution in [0.15, 0.2) is 0 Å². The lowest BCUT2D eigenvalue weighted by Crippen LogP contribution is -2.53. The largest absolute Gasteiger partial charge is 0.480 e. The van der Waals surface area contributed by atoms with Crippen molar-refractivity contribution in [3.05, 3.63) is 0 Å². The molecule has 19 heavy (non-hydrogen) atoms. The number of carboxylic acid groups (broad SMARTS) is 1. The third-order valence-electron chi connectivity index (χ3n) is 4.37. The molecule has 5 nitrogen and oxygen atoms in total. The Morgan fingerprint density at radius 2 is 2.21 bits per heavy atom. The third-order valence-corrected chi connectivity index (χ3v) is 4.37. The molecule has 0 aromatic rings. The Bertz CT molecular complexity index is 311. The van der Waals surface area contributed by atoms with Crippen molar-refractivity contribution in [1.82, 2.24) is 9.80 Å². The van der Waals surface area contributed by atoms with E-state index in [-0.39, 0.29) is 12.1 Å². The first-order valence-corrected chi connectivity index (χ1v) is 7.41. The lowest BCUT2D eigenvalue weighted by Gasteiger charge is -2.40. The van der Waals surface area contributed by atoms with E-state index >= 15 is 0 Å². The van der Waals surface area contributed by atoms with Crippen LogP contribution < -0.4 is 0 Å². The number of morpholine rings is 1. The Labute approximate surface area is 115 Å². The van der Waals surface area contributed by atoms with E-state index < -0.39 is 5.97 Å². The summed E-state index contributed by atoms with van der Waals surface area (Å²) in [5.74, 6) is -0.175. The van der Waals surface area contributed by atoms with Gasteiger partial charge in [0.1, 0.15) is 6.04 Å². The molecule has 2 heterocycles. The van der Waals surface area contributed by atoms with Gasteiger partial charge in [0.15, 0.2) is 0 Å². The number of hydrogen-bond donors (Lipinski definition) is 1. The maximum atomic E-state index is 11.4. The minimum absolute atomic E-state index is 0.156. The number of likely N-dealkylation sites (N-methyl/N-ethyl adjacent to an activating group) is 1. The normalized spacial score (nSPS) is 34.3. The summed E-state index contributed by atoms with van der Waals surface area (Å²) >= 11 is 0. The van der Waals surface area contributed by atoms with E-state index in [4.69, 9.17) is 4.74 Å². The van der Waals surface area contributed by atoms with Crippen LogP contribution in [0.25, 0.3) is 0 Å². The monoisotopic (exact) mass is 270 g/mol. The third kappa shape index (κ3) is 3.91. The van der Waals surface area contributed by atoms with E-state index in [9.17, 15) is 9.90 Å². The molecule has 0 aromatic carbocycles. The van der Waals surface area contributed by atoms with Crippen LogP contribution in [0.2, 0.25) is 0 Å². The van der Waals surface area contributed by atoms with E-state index in [2.05, 4.69) is 23.6 Å². The van der Waals surface area contributed by atoms with E-state index in [0.29, 0.717) is 5.92 Å². The molecule has 0 bridgehead atoms. The van der Waals surface area contributed by atoms with Gasteiger partial charge in [0, 0.05) is 19.6 Å². The molecular weight excluding hydrogens is 244 g/mol. The first kappa shape index (κ1) is 14.8. The first-order chi connectivity index (χ1) is 9.10. The van der Waals surface area contributed by atoms with Crippen molar-refractivity contribution < 1.29 is 14.6 Å². The fraction of sp³-hybridized carbons (Fsp3) is 0.929. The molecule has 0 aromatic heterocycles. The minimum Gasteiger partial charge on any atom is -0.480 e. The van der Waals surface area contributed by atoms with Crippen LogP contribution in [0.5, 0.6) is 0 Å². The van der Waals surface area contributed by atoms with Crippen LogP contribution in [0.1, 0.15) is 26.7 Å². The van der Waals surface area contributed by atoms with E-state index in [1.54, 1.807) is 0 Å². The Morgan fingerprint density at radius 1 is 1.42 bits per heavy atom. The minimum atomic E-state index is -0.685. The van der Waals surface area contributed by atoms with Crippen LogP contribution in [-0.2, 0) is 9.53 Å². The van der Waals surface area contributed by atoms with E-state index in [1.165, 1.54) is 0 Å². The lowest BCUT2D eigenvalue weighted by molar-refractivity contribution is -0.147. The first-order valence-electron chi connectivity index (χ1n) is 7.41. The number of likely N-dealkylation sites (tertiary alicyclic amines) is 1. The zero-order chi connectivity index (χ0) is 13.8. The predicted molar refractivity (Wildman–Crippen MR) is 73.2 cm³/mol. The van der Waals surface area contributed by atoms with Gasteiger partial charge in [-0.05, 0) is 31.8 Å². The van der Waals surface area contributed by atoms with Crippen molar-refractivity contribution in [1.29, 1.82) is 0 Å². The Balaban J connectivity index is 1.91. The summed E-state index contributed by atoms with van der Waals surface area (Å²) in [4.78, 5) is 15.9. The molecule has 5 heteroatoms.